The molecule has 1 amide bonds. The molecule has 7 nitrogen and oxygen atoms in total. The summed E-state index contributed by atoms with van der Waals surface area (Å²) in [7, 11) is 1.82. The van der Waals surface area contributed by atoms with Crippen molar-refractivity contribution < 1.29 is 9.21 Å². The summed E-state index contributed by atoms with van der Waals surface area (Å²) in [6, 6.07) is 0. The molecule has 2 aromatic heterocycles. The molecular formula is C14H21N5O2S. The third-order valence-electron chi connectivity index (χ3n) is 2.91. The maximum absolute atomic E-state index is 12.0. The molecule has 8 heteroatoms. The number of carbonyl (C=O) groups is 1. The summed E-state index contributed by atoms with van der Waals surface area (Å²) in [6.45, 7) is 8.67. The van der Waals surface area contributed by atoms with Crippen LogP contribution in [-0.4, -0.2) is 39.6 Å². The Kier molecular flexibility index (Phi) is 4.92. The molecule has 0 unspecified atom stereocenters. The molecule has 120 valence electrons. The van der Waals surface area contributed by atoms with E-state index < -0.39 is 0 Å². The third kappa shape index (κ3) is 4.60. The second-order valence-electron chi connectivity index (χ2n) is 6.22. The van der Waals surface area contributed by atoms with Crippen molar-refractivity contribution in [1.82, 2.24) is 20.1 Å². The van der Waals surface area contributed by atoms with Gasteiger partial charge in [0.2, 0.25) is 17.7 Å². The molecule has 0 bridgehead atoms. The standard InChI is InChI=1S/C14H21N5O2S/c1-9-17-18-12(21-9)7-19(5)6-11(20)16-13-15-10(8-22-13)14(2,3)4/h8H,6-7H2,1-5H3,(H,15,16,20). The van der Waals surface area contributed by atoms with Crippen LogP contribution in [0.4, 0.5) is 5.13 Å². The van der Waals surface area contributed by atoms with Crippen molar-refractivity contribution in [3.63, 3.8) is 0 Å². The van der Waals surface area contributed by atoms with Gasteiger partial charge in [-0.05, 0) is 7.05 Å². The van der Waals surface area contributed by atoms with Crippen molar-refractivity contribution in [1.29, 1.82) is 0 Å². The lowest BCUT2D eigenvalue weighted by Gasteiger charge is -2.14. The lowest BCUT2D eigenvalue weighted by atomic mass is 9.93. The molecule has 2 aromatic rings. The van der Waals surface area contributed by atoms with Gasteiger partial charge in [0.05, 0.1) is 18.8 Å². The predicted octanol–water partition coefficient (Wildman–Crippen LogP) is 2.20. The molecule has 0 spiro atoms. The van der Waals surface area contributed by atoms with E-state index in [4.69, 9.17) is 4.42 Å². The Morgan fingerprint density at radius 2 is 2.14 bits per heavy atom. The molecule has 0 saturated carbocycles. The zero-order valence-corrected chi connectivity index (χ0v) is 14.3. The van der Waals surface area contributed by atoms with Crippen LogP contribution in [0.5, 0.6) is 0 Å². The fraction of sp³-hybridized carbons (Fsp3) is 0.571. The Hall–Kier alpha value is -1.80. The summed E-state index contributed by atoms with van der Waals surface area (Å²) in [6.07, 6.45) is 0. The third-order valence-corrected chi connectivity index (χ3v) is 3.66. The van der Waals surface area contributed by atoms with E-state index in [9.17, 15) is 4.79 Å². The first-order chi connectivity index (χ1) is 10.2. The van der Waals surface area contributed by atoms with Crippen LogP contribution in [0, 0.1) is 6.92 Å². The van der Waals surface area contributed by atoms with Gasteiger partial charge >= 0.3 is 0 Å². The highest BCUT2D eigenvalue weighted by atomic mass is 32.1. The summed E-state index contributed by atoms with van der Waals surface area (Å²) >= 11 is 1.44. The number of likely N-dealkylation sites (N-methyl/N-ethyl adjacent to an activating group) is 1. The quantitative estimate of drug-likeness (QED) is 0.908. The zero-order chi connectivity index (χ0) is 16.3. The van der Waals surface area contributed by atoms with Crippen molar-refractivity contribution in [2.24, 2.45) is 0 Å². The van der Waals surface area contributed by atoms with Crippen LogP contribution in [0.2, 0.25) is 0 Å². The van der Waals surface area contributed by atoms with Gasteiger partial charge < -0.3 is 9.73 Å². The molecule has 0 aliphatic carbocycles. The van der Waals surface area contributed by atoms with Crippen molar-refractivity contribution in [3.8, 4) is 0 Å². The van der Waals surface area contributed by atoms with Crippen LogP contribution in [-0.2, 0) is 16.8 Å². The summed E-state index contributed by atoms with van der Waals surface area (Å²) in [5.41, 5.74) is 0.953. The first kappa shape index (κ1) is 16.6. The van der Waals surface area contributed by atoms with Crippen LogP contribution in [0.25, 0.3) is 0 Å². The Bertz CT molecular complexity index is 644. The van der Waals surface area contributed by atoms with E-state index in [1.165, 1.54) is 11.3 Å². The smallest absolute Gasteiger partial charge is 0.240 e. The van der Waals surface area contributed by atoms with Crippen LogP contribution in [0.1, 0.15) is 38.2 Å². The fourth-order valence-electron chi connectivity index (χ4n) is 1.77. The van der Waals surface area contributed by atoms with Crippen LogP contribution >= 0.6 is 11.3 Å². The van der Waals surface area contributed by atoms with E-state index in [2.05, 4.69) is 41.3 Å². The first-order valence-electron chi connectivity index (χ1n) is 6.97. The van der Waals surface area contributed by atoms with Crippen molar-refractivity contribution >= 4 is 22.4 Å². The molecular weight excluding hydrogens is 302 g/mol. The number of nitrogens with one attached hydrogen (secondary N) is 1. The highest BCUT2D eigenvalue weighted by Crippen LogP contribution is 2.26. The molecule has 0 aliphatic heterocycles. The summed E-state index contributed by atoms with van der Waals surface area (Å²) in [5, 5.41) is 13.1. The number of carbonyl (C=O) groups excluding carboxylic acids is 1. The van der Waals surface area contributed by atoms with Gasteiger partial charge in [0.1, 0.15) is 0 Å². The average molecular weight is 323 g/mol. The second kappa shape index (κ2) is 6.53. The van der Waals surface area contributed by atoms with E-state index in [-0.39, 0.29) is 17.9 Å². The minimum absolute atomic E-state index is 0.0217. The zero-order valence-electron chi connectivity index (χ0n) is 13.5. The summed E-state index contributed by atoms with van der Waals surface area (Å²) in [5.74, 6) is 0.899. The normalized spacial score (nSPS) is 11.9. The molecule has 22 heavy (non-hydrogen) atoms. The maximum Gasteiger partial charge on any atom is 0.240 e. The lowest BCUT2D eigenvalue weighted by molar-refractivity contribution is -0.117. The van der Waals surface area contributed by atoms with Gasteiger partial charge in [-0.25, -0.2) is 4.98 Å². The summed E-state index contributed by atoms with van der Waals surface area (Å²) < 4.78 is 5.29. The minimum Gasteiger partial charge on any atom is -0.424 e. The number of thiazole rings is 1. The van der Waals surface area contributed by atoms with Gasteiger partial charge in [-0.1, -0.05) is 20.8 Å². The Morgan fingerprint density at radius 3 is 2.68 bits per heavy atom. The highest BCUT2D eigenvalue weighted by Gasteiger charge is 2.18. The Balaban J connectivity index is 1.86. The number of aryl methyl sites for hydroxylation is 1. The highest BCUT2D eigenvalue weighted by molar-refractivity contribution is 7.13. The SMILES string of the molecule is Cc1nnc(CN(C)CC(=O)Nc2nc(C(C)(C)C)cs2)o1. The molecule has 0 atom stereocenters. The minimum atomic E-state index is -0.117. The molecule has 2 rings (SSSR count). The number of aromatic nitrogens is 3. The monoisotopic (exact) mass is 323 g/mol. The van der Waals surface area contributed by atoms with Gasteiger partial charge in [-0.15, -0.1) is 21.5 Å². The van der Waals surface area contributed by atoms with Gasteiger partial charge in [-0.2, -0.15) is 0 Å². The van der Waals surface area contributed by atoms with Crippen LogP contribution in [0.3, 0.4) is 0 Å². The van der Waals surface area contributed by atoms with Gasteiger partial charge in [-0.3, -0.25) is 9.69 Å². The van der Waals surface area contributed by atoms with Gasteiger partial charge in [0.15, 0.2) is 5.13 Å². The largest absolute Gasteiger partial charge is 0.424 e. The topological polar surface area (TPSA) is 84.2 Å². The Labute approximate surface area is 133 Å². The first-order valence-corrected chi connectivity index (χ1v) is 7.85. The van der Waals surface area contributed by atoms with Gasteiger partial charge in [0, 0.05) is 17.7 Å². The molecule has 0 aromatic carbocycles. The molecule has 0 saturated heterocycles. The van der Waals surface area contributed by atoms with Gasteiger partial charge in [0.25, 0.3) is 0 Å². The molecule has 1 N–H and O–H groups in total. The van der Waals surface area contributed by atoms with E-state index in [0.29, 0.717) is 23.5 Å². The predicted molar refractivity (Wildman–Crippen MR) is 84.8 cm³/mol. The second-order valence-corrected chi connectivity index (χ2v) is 7.08. The molecule has 0 aliphatic rings. The maximum atomic E-state index is 12.0. The fourth-order valence-corrected chi connectivity index (χ4v) is 2.72. The van der Waals surface area contributed by atoms with E-state index in [1.54, 1.807) is 11.8 Å². The number of hydrogen-bond acceptors (Lipinski definition) is 7. The van der Waals surface area contributed by atoms with Crippen LogP contribution in [0.15, 0.2) is 9.80 Å². The van der Waals surface area contributed by atoms with Crippen LogP contribution < -0.4 is 5.32 Å². The molecule has 2 heterocycles. The van der Waals surface area contributed by atoms with E-state index >= 15 is 0 Å². The van der Waals surface area contributed by atoms with Crippen molar-refractivity contribution in [3.05, 3.63) is 22.9 Å². The number of nitrogens with zero attached hydrogens (tertiary/aromatic N) is 4. The number of anilines is 1. The average Bonchev–Trinajstić information content (AvgIpc) is 2.97. The number of amides is 1. The number of rotatable bonds is 5. The molecule has 0 fully saturated rings. The lowest BCUT2D eigenvalue weighted by Crippen LogP contribution is -2.30. The van der Waals surface area contributed by atoms with Crippen molar-refractivity contribution in [2.75, 3.05) is 18.9 Å². The number of hydrogen-bond donors (Lipinski definition) is 1. The van der Waals surface area contributed by atoms with E-state index in [1.807, 2.05) is 12.4 Å². The summed E-state index contributed by atoms with van der Waals surface area (Å²) in [4.78, 5) is 18.3. The Morgan fingerprint density at radius 1 is 1.41 bits per heavy atom. The molecule has 0 radical (unpaired) electrons. The van der Waals surface area contributed by atoms with Crippen molar-refractivity contribution in [2.45, 2.75) is 39.7 Å². The van der Waals surface area contributed by atoms with E-state index in [0.717, 1.165) is 5.69 Å².